The van der Waals surface area contributed by atoms with Gasteiger partial charge >= 0.3 is 0 Å². The molecule has 1 aromatic carbocycles. The predicted molar refractivity (Wildman–Crippen MR) is 59.7 cm³/mol. The lowest BCUT2D eigenvalue weighted by molar-refractivity contribution is 0.407. The predicted octanol–water partition coefficient (Wildman–Crippen LogP) is 3.06. The van der Waals surface area contributed by atoms with E-state index in [4.69, 9.17) is 17.0 Å². The first-order valence-corrected chi connectivity index (χ1v) is 4.52. The minimum Gasteiger partial charge on any atom is -0.490 e. The van der Waals surface area contributed by atoms with E-state index >= 15 is 0 Å². The fraction of sp³-hybridized carbons (Fsp3) is 0.182. The first-order chi connectivity index (χ1) is 6.33. The topological polar surface area (TPSA) is 9.23 Å². The molecule has 0 heterocycles. The summed E-state index contributed by atoms with van der Waals surface area (Å²) in [6.07, 6.45) is 4.73. The van der Waals surface area contributed by atoms with E-state index < -0.39 is 0 Å². The quantitative estimate of drug-likeness (QED) is 0.681. The van der Waals surface area contributed by atoms with Crippen LogP contribution in [0.25, 0.3) is 6.08 Å². The molecule has 2 heteroatoms. The normalized spacial score (nSPS) is 10.2. The van der Waals surface area contributed by atoms with Crippen LogP contribution in [0.3, 0.4) is 0 Å². The van der Waals surface area contributed by atoms with E-state index in [1.165, 1.54) is 5.56 Å². The van der Waals surface area contributed by atoms with Crippen molar-refractivity contribution in [2.45, 2.75) is 6.42 Å². The summed E-state index contributed by atoms with van der Waals surface area (Å²) in [5.41, 5.74) is 1.18. The molecule has 0 bridgehead atoms. The number of benzene rings is 1. The summed E-state index contributed by atoms with van der Waals surface area (Å²) in [5, 5.41) is 0.618. The van der Waals surface area contributed by atoms with E-state index in [-0.39, 0.29) is 0 Å². The van der Waals surface area contributed by atoms with Gasteiger partial charge in [-0.3, -0.25) is 0 Å². The largest absolute Gasteiger partial charge is 0.490 e. The molecule has 1 aromatic rings. The second-order valence-electron chi connectivity index (χ2n) is 2.59. The van der Waals surface area contributed by atoms with Gasteiger partial charge in [0.2, 0.25) is 0 Å². The Morgan fingerprint density at radius 2 is 2.08 bits per heavy atom. The first kappa shape index (κ1) is 9.93. The average Bonchev–Trinajstić information content (AvgIpc) is 2.19. The molecule has 0 amide bonds. The summed E-state index contributed by atoms with van der Waals surface area (Å²) in [5.74, 6) is 0. The Morgan fingerprint density at radius 3 is 2.69 bits per heavy atom. The highest BCUT2D eigenvalue weighted by atomic mass is 32.1. The molecule has 0 aliphatic rings. The molecular formula is C11H12OS. The second-order valence-corrected chi connectivity index (χ2v) is 3.05. The standard InChI is InChI=1S/C11H12OS/c1-12-11(13)9-5-8-10-6-3-2-4-7-10/h2-8H,9H2,1H3/b8-5+. The van der Waals surface area contributed by atoms with Crippen LogP contribution in [-0.4, -0.2) is 12.2 Å². The Balaban J connectivity index is 2.45. The highest BCUT2D eigenvalue weighted by Gasteiger charge is 1.88. The van der Waals surface area contributed by atoms with Crippen molar-refractivity contribution in [3.63, 3.8) is 0 Å². The van der Waals surface area contributed by atoms with Crippen LogP contribution in [0.2, 0.25) is 0 Å². The molecule has 0 unspecified atom stereocenters. The third kappa shape index (κ3) is 3.85. The van der Waals surface area contributed by atoms with Gasteiger partial charge in [0.15, 0.2) is 5.05 Å². The lowest BCUT2D eigenvalue weighted by Gasteiger charge is -1.95. The van der Waals surface area contributed by atoms with Gasteiger partial charge in [0, 0.05) is 6.42 Å². The number of ether oxygens (including phenoxy) is 1. The van der Waals surface area contributed by atoms with Gasteiger partial charge < -0.3 is 4.74 Å². The van der Waals surface area contributed by atoms with Crippen LogP contribution in [0.4, 0.5) is 0 Å². The molecule has 0 radical (unpaired) electrons. The molecule has 0 aromatic heterocycles. The maximum absolute atomic E-state index is 4.90. The third-order valence-corrected chi connectivity index (χ3v) is 1.96. The molecule has 0 saturated carbocycles. The zero-order chi connectivity index (χ0) is 9.52. The molecule has 0 atom stereocenters. The Hall–Kier alpha value is -1.15. The summed E-state index contributed by atoms with van der Waals surface area (Å²) in [6.45, 7) is 0. The Morgan fingerprint density at radius 1 is 1.38 bits per heavy atom. The van der Waals surface area contributed by atoms with Crippen molar-refractivity contribution in [2.75, 3.05) is 7.11 Å². The van der Waals surface area contributed by atoms with Crippen molar-refractivity contribution in [3.05, 3.63) is 42.0 Å². The van der Waals surface area contributed by atoms with Crippen molar-refractivity contribution < 1.29 is 4.74 Å². The second kappa shape index (κ2) is 5.49. The van der Waals surface area contributed by atoms with E-state index in [0.29, 0.717) is 11.5 Å². The smallest absolute Gasteiger partial charge is 0.163 e. The van der Waals surface area contributed by atoms with Crippen molar-refractivity contribution in [2.24, 2.45) is 0 Å². The molecule has 0 aliphatic heterocycles. The van der Waals surface area contributed by atoms with Gasteiger partial charge in [-0.1, -0.05) is 42.5 Å². The summed E-state index contributed by atoms with van der Waals surface area (Å²) < 4.78 is 4.87. The van der Waals surface area contributed by atoms with E-state index in [0.717, 1.165) is 0 Å². The first-order valence-electron chi connectivity index (χ1n) is 4.11. The summed E-state index contributed by atoms with van der Waals surface area (Å²) in [7, 11) is 1.60. The minimum atomic E-state index is 0.618. The Kier molecular flexibility index (Phi) is 4.19. The number of hydrogen-bond acceptors (Lipinski definition) is 2. The van der Waals surface area contributed by atoms with E-state index in [1.807, 2.05) is 42.5 Å². The minimum absolute atomic E-state index is 0.618. The highest BCUT2D eigenvalue weighted by molar-refractivity contribution is 7.80. The van der Waals surface area contributed by atoms with E-state index in [9.17, 15) is 0 Å². The molecule has 13 heavy (non-hydrogen) atoms. The van der Waals surface area contributed by atoms with Crippen LogP contribution < -0.4 is 0 Å². The molecule has 1 rings (SSSR count). The van der Waals surface area contributed by atoms with Crippen molar-refractivity contribution >= 4 is 23.3 Å². The molecular weight excluding hydrogens is 180 g/mol. The zero-order valence-corrected chi connectivity index (χ0v) is 8.38. The van der Waals surface area contributed by atoms with Crippen LogP contribution >= 0.6 is 12.2 Å². The van der Waals surface area contributed by atoms with Crippen molar-refractivity contribution in [1.29, 1.82) is 0 Å². The van der Waals surface area contributed by atoms with Crippen molar-refractivity contribution in [3.8, 4) is 0 Å². The van der Waals surface area contributed by atoms with E-state index in [1.54, 1.807) is 7.11 Å². The number of methoxy groups -OCH3 is 1. The average molecular weight is 192 g/mol. The van der Waals surface area contributed by atoms with Crippen molar-refractivity contribution in [1.82, 2.24) is 0 Å². The van der Waals surface area contributed by atoms with Gasteiger partial charge in [-0.2, -0.15) is 0 Å². The number of rotatable bonds is 3. The third-order valence-electron chi connectivity index (χ3n) is 1.62. The van der Waals surface area contributed by atoms with Gasteiger partial charge in [-0.05, 0) is 17.8 Å². The fourth-order valence-corrected chi connectivity index (χ4v) is 1.03. The SMILES string of the molecule is COC(=S)C/C=C/c1ccccc1. The maximum atomic E-state index is 4.90. The Labute approximate surface area is 84.0 Å². The summed E-state index contributed by atoms with van der Waals surface area (Å²) >= 11 is 4.90. The lowest BCUT2D eigenvalue weighted by atomic mass is 10.2. The zero-order valence-electron chi connectivity index (χ0n) is 7.57. The van der Waals surface area contributed by atoms with Gasteiger partial charge in [0.25, 0.3) is 0 Å². The number of thiocarbonyl (C=S) groups is 1. The van der Waals surface area contributed by atoms with E-state index in [2.05, 4.69) is 0 Å². The molecule has 0 N–H and O–H groups in total. The number of hydrogen-bond donors (Lipinski definition) is 0. The van der Waals surface area contributed by atoms with Gasteiger partial charge in [0.1, 0.15) is 0 Å². The molecule has 0 aliphatic carbocycles. The summed E-state index contributed by atoms with van der Waals surface area (Å²) in [6, 6.07) is 10.1. The Bertz CT molecular complexity index is 290. The van der Waals surface area contributed by atoms with Gasteiger partial charge in [-0.15, -0.1) is 0 Å². The molecule has 1 nitrogen and oxygen atoms in total. The molecule has 0 fully saturated rings. The molecule has 0 spiro atoms. The fourth-order valence-electron chi connectivity index (χ4n) is 0.939. The monoisotopic (exact) mass is 192 g/mol. The van der Waals surface area contributed by atoms with Gasteiger partial charge in [0.05, 0.1) is 7.11 Å². The van der Waals surface area contributed by atoms with Crippen LogP contribution in [-0.2, 0) is 4.74 Å². The highest BCUT2D eigenvalue weighted by Crippen LogP contribution is 2.02. The lowest BCUT2D eigenvalue weighted by Crippen LogP contribution is -1.93. The molecule has 0 saturated heterocycles. The van der Waals surface area contributed by atoms with Gasteiger partial charge in [-0.25, -0.2) is 0 Å². The van der Waals surface area contributed by atoms with Crippen LogP contribution in [0.5, 0.6) is 0 Å². The maximum Gasteiger partial charge on any atom is 0.163 e. The molecule has 68 valence electrons. The van der Waals surface area contributed by atoms with Crippen LogP contribution in [0.1, 0.15) is 12.0 Å². The van der Waals surface area contributed by atoms with Crippen LogP contribution in [0.15, 0.2) is 36.4 Å². The summed E-state index contributed by atoms with van der Waals surface area (Å²) in [4.78, 5) is 0. The van der Waals surface area contributed by atoms with Crippen LogP contribution in [0, 0.1) is 0 Å².